The molecule has 1 fully saturated rings. The minimum absolute atomic E-state index is 0.331. The maximum Gasteiger partial charge on any atom is 0.408 e. The summed E-state index contributed by atoms with van der Waals surface area (Å²) in [4.78, 5) is 11.8. The SMILES string of the molecule is CC(C)C[C@@H](NC(=O)OC(C)(C)C)C(=N)[C@@]1(C)CO1. The number of ether oxygens (including phenoxy) is 2. The Kier molecular flexibility index (Phi) is 4.61. The molecule has 5 nitrogen and oxygen atoms in total. The molecule has 0 aromatic heterocycles. The van der Waals surface area contributed by atoms with Gasteiger partial charge in [-0.15, -0.1) is 0 Å². The number of carbonyl (C=O) groups is 1. The summed E-state index contributed by atoms with van der Waals surface area (Å²) in [6, 6.07) is -0.331. The maximum absolute atomic E-state index is 11.8. The first kappa shape index (κ1) is 16.0. The van der Waals surface area contributed by atoms with Crippen LogP contribution in [-0.2, 0) is 9.47 Å². The van der Waals surface area contributed by atoms with Crippen LogP contribution in [0, 0.1) is 11.3 Å². The van der Waals surface area contributed by atoms with Crippen molar-refractivity contribution in [2.75, 3.05) is 6.61 Å². The van der Waals surface area contributed by atoms with Gasteiger partial charge in [-0.2, -0.15) is 0 Å². The number of epoxide rings is 1. The zero-order chi connectivity index (χ0) is 14.8. The molecular formula is C14H26N2O3. The van der Waals surface area contributed by atoms with Crippen LogP contribution in [0.1, 0.15) is 48.0 Å². The zero-order valence-corrected chi connectivity index (χ0v) is 12.8. The zero-order valence-electron chi connectivity index (χ0n) is 12.8. The fourth-order valence-electron chi connectivity index (χ4n) is 1.80. The van der Waals surface area contributed by atoms with Gasteiger partial charge in [0.2, 0.25) is 0 Å². The lowest BCUT2D eigenvalue weighted by Crippen LogP contribution is -2.47. The summed E-state index contributed by atoms with van der Waals surface area (Å²) >= 11 is 0. The summed E-state index contributed by atoms with van der Waals surface area (Å²) < 4.78 is 10.5. The van der Waals surface area contributed by atoms with Crippen LogP contribution in [0.5, 0.6) is 0 Å². The Morgan fingerprint density at radius 1 is 1.47 bits per heavy atom. The number of hydrogen-bond acceptors (Lipinski definition) is 4. The van der Waals surface area contributed by atoms with E-state index < -0.39 is 17.3 Å². The van der Waals surface area contributed by atoms with Crippen molar-refractivity contribution in [2.45, 2.75) is 65.2 Å². The number of alkyl carbamates (subject to hydrolysis) is 1. The Labute approximate surface area is 115 Å². The quantitative estimate of drug-likeness (QED) is 0.596. The second-order valence-corrected chi connectivity index (χ2v) is 6.76. The normalized spacial score (nSPS) is 23.9. The highest BCUT2D eigenvalue weighted by Crippen LogP contribution is 2.30. The fourth-order valence-corrected chi connectivity index (χ4v) is 1.80. The van der Waals surface area contributed by atoms with E-state index >= 15 is 0 Å². The maximum atomic E-state index is 11.8. The van der Waals surface area contributed by atoms with E-state index in [9.17, 15) is 4.79 Å². The molecule has 5 heteroatoms. The average molecular weight is 270 g/mol. The van der Waals surface area contributed by atoms with Crippen molar-refractivity contribution >= 4 is 11.8 Å². The highest BCUT2D eigenvalue weighted by atomic mass is 16.6. The van der Waals surface area contributed by atoms with Gasteiger partial charge >= 0.3 is 6.09 Å². The molecule has 0 aromatic carbocycles. The van der Waals surface area contributed by atoms with Crippen molar-refractivity contribution in [2.24, 2.45) is 5.92 Å². The molecule has 0 aliphatic carbocycles. The van der Waals surface area contributed by atoms with E-state index in [-0.39, 0.29) is 6.04 Å². The molecule has 0 radical (unpaired) electrons. The largest absolute Gasteiger partial charge is 0.444 e. The fraction of sp³-hybridized carbons (Fsp3) is 0.857. The van der Waals surface area contributed by atoms with Gasteiger partial charge in [0, 0.05) is 0 Å². The van der Waals surface area contributed by atoms with Gasteiger partial charge in [0.05, 0.1) is 18.4 Å². The predicted octanol–water partition coefficient (Wildman–Crippen LogP) is 2.73. The van der Waals surface area contributed by atoms with Gasteiger partial charge in [-0.1, -0.05) is 13.8 Å². The molecule has 110 valence electrons. The van der Waals surface area contributed by atoms with Crippen LogP contribution in [0.25, 0.3) is 0 Å². The summed E-state index contributed by atoms with van der Waals surface area (Å²) in [5.74, 6) is 0.377. The third kappa shape index (κ3) is 5.19. The third-order valence-corrected chi connectivity index (χ3v) is 2.89. The molecule has 1 amide bonds. The van der Waals surface area contributed by atoms with Crippen LogP contribution in [0.15, 0.2) is 0 Å². The molecule has 0 aromatic rings. The van der Waals surface area contributed by atoms with Gasteiger partial charge in [-0.25, -0.2) is 4.79 Å². The second kappa shape index (κ2) is 5.49. The average Bonchev–Trinajstić information content (AvgIpc) is 2.92. The molecule has 0 spiro atoms. The van der Waals surface area contributed by atoms with Crippen molar-refractivity contribution in [3.63, 3.8) is 0 Å². The molecule has 0 bridgehead atoms. The van der Waals surface area contributed by atoms with E-state index in [0.29, 0.717) is 24.7 Å². The molecule has 1 saturated heterocycles. The first-order chi connectivity index (χ1) is 8.53. The van der Waals surface area contributed by atoms with Gasteiger partial charge in [-0.3, -0.25) is 0 Å². The van der Waals surface area contributed by atoms with E-state index in [2.05, 4.69) is 19.2 Å². The van der Waals surface area contributed by atoms with E-state index in [1.807, 2.05) is 27.7 Å². The number of carbonyl (C=O) groups excluding carboxylic acids is 1. The van der Waals surface area contributed by atoms with Crippen LogP contribution in [0.4, 0.5) is 4.79 Å². The number of nitrogens with one attached hydrogen (secondary N) is 2. The number of hydrogen-bond donors (Lipinski definition) is 2. The van der Waals surface area contributed by atoms with Crippen LogP contribution < -0.4 is 5.32 Å². The minimum Gasteiger partial charge on any atom is -0.444 e. The van der Waals surface area contributed by atoms with Crippen LogP contribution in [0.3, 0.4) is 0 Å². The highest BCUT2D eigenvalue weighted by Gasteiger charge is 2.47. The molecule has 1 aliphatic rings. The van der Waals surface area contributed by atoms with Crippen molar-refractivity contribution in [1.82, 2.24) is 5.32 Å². The third-order valence-electron chi connectivity index (χ3n) is 2.89. The first-order valence-electron chi connectivity index (χ1n) is 6.76. The van der Waals surface area contributed by atoms with Gasteiger partial charge in [-0.05, 0) is 40.0 Å². The molecular weight excluding hydrogens is 244 g/mol. The monoisotopic (exact) mass is 270 g/mol. The van der Waals surface area contributed by atoms with Crippen LogP contribution in [-0.4, -0.2) is 35.7 Å². The Morgan fingerprint density at radius 3 is 2.37 bits per heavy atom. The molecule has 19 heavy (non-hydrogen) atoms. The van der Waals surface area contributed by atoms with Gasteiger partial charge in [0.25, 0.3) is 0 Å². The summed E-state index contributed by atoms with van der Waals surface area (Å²) in [6.07, 6.45) is 0.226. The molecule has 1 aliphatic heterocycles. The lowest BCUT2D eigenvalue weighted by atomic mass is 9.93. The lowest BCUT2D eigenvalue weighted by Gasteiger charge is -2.26. The van der Waals surface area contributed by atoms with Crippen molar-refractivity contribution in [1.29, 1.82) is 5.41 Å². The van der Waals surface area contributed by atoms with Gasteiger partial charge in [0.1, 0.15) is 11.2 Å². The molecule has 2 N–H and O–H groups in total. The number of rotatable bonds is 5. The molecule has 1 rings (SSSR count). The smallest absolute Gasteiger partial charge is 0.408 e. The summed E-state index contributed by atoms with van der Waals surface area (Å²) in [6.45, 7) is 12.0. The highest BCUT2D eigenvalue weighted by molar-refractivity contribution is 5.97. The Morgan fingerprint density at radius 2 is 2.00 bits per heavy atom. The van der Waals surface area contributed by atoms with Crippen molar-refractivity contribution in [3.05, 3.63) is 0 Å². The second-order valence-electron chi connectivity index (χ2n) is 6.76. The van der Waals surface area contributed by atoms with Crippen LogP contribution in [0.2, 0.25) is 0 Å². The van der Waals surface area contributed by atoms with Crippen LogP contribution >= 0.6 is 0 Å². The molecule has 1 heterocycles. The number of amides is 1. The first-order valence-corrected chi connectivity index (χ1v) is 6.76. The lowest BCUT2D eigenvalue weighted by molar-refractivity contribution is 0.0513. The topological polar surface area (TPSA) is 74.7 Å². The summed E-state index contributed by atoms with van der Waals surface area (Å²) in [7, 11) is 0. The van der Waals surface area contributed by atoms with Gasteiger partial charge in [0.15, 0.2) is 0 Å². The van der Waals surface area contributed by atoms with E-state index in [1.165, 1.54) is 0 Å². The Hall–Kier alpha value is -1.10. The van der Waals surface area contributed by atoms with Gasteiger partial charge < -0.3 is 20.2 Å². The molecule has 0 unspecified atom stereocenters. The molecule has 0 saturated carbocycles. The summed E-state index contributed by atoms with van der Waals surface area (Å²) in [5.41, 5.74) is -0.615. The standard InChI is InChI=1S/C14H26N2O3/c1-9(2)7-10(11(15)14(6)8-18-14)16-12(17)19-13(3,4)5/h9-10,15H,7-8H2,1-6H3,(H,16,17)/t10-,14-/m1/s1. The van der Waals surface area contributed by atoms with E-state index in [1.54, 1.807) is 0 Å². The Bertz CT molecular complexity index is 354. The van der Waals surface area contributed by atoms with E-state index in [0.717, 1.165) is 0 Å². The van der Waals surface area contributed by atoms with Crippen molar-refractivity contribution < 1.29 is 14.3 Å². The Balaban J connectivity index is 2.64. The predicted molar refractivity (Wildman–Crippen MR) is 74.7 cm³/mol. The molecule has 2 atom stereocenters. The summed E-state index contributed by atoms with van der Waals surface area (Å²) in [5, 5.41) is 11.0. The van der Waals surface area contributed by atoms with Crippen molar-refractivity contribution in [3.8, 4) is 0 Å². The van der Waals surface area contributed by atoms with E-state index in [4.69, 9.17) is 14.9 Å². The minimum atomic E-state index is -0.533.